The van der Waals surface area contributed by atoms with E-state index in [-0.39, 0.29) is 11.7 Å². The van der Waals surface area contributed by atoms with Crippen molar-refractivity contribution in [3.05, 3.63) is 34.9 Å². The Kier molecular flexibility index (Phi) is 4.25. The Morgan fingerprint density at radius 3 is 2.56 bits per heavy atom. The van der Waals surface area contributed by atoms with Crippen LogP contribution in [0.15, 0.2) is 24.3 Å². The van der Waals surface area contributed by atoms with Crippen LogP contribution < -0.4 is 0 Å². The lowest BCUT2D eigenvalue weighted by Crippen LogP contribution is -2.22. The zero-order valence-electron chi connectivity index (χ0n) is 8.96. The lowest BCUT2D eigenvalue weighted by molar-refractivity contribution is 0.0893. The summed E-state index contributed by atoms with van der Waals surface area (Å²) >= 11 is 8.27. The molecule has 0 heterocycles. The molecule has 86 valence electrons. The molecule has 2 atom stereocenters. The third-order valence-corrected chi connectivity index (χ3v) is 4.49. The smallest absolute Gasteiger partial charge is 0.165 e. The highest BCUT2D eigenvalue weighted by Crippen LogP contribution is 2.31. The van der Waals surface area contributed by atoms with E-state index in [1.54, 1.807) is 12.1 Å². The van der Waals surface area contributed by atoms with Gasteiger partial charge in [-0.1, -0.05) is 40.6 Å². The van der Waals surface area contributed by atoms with Crippen molar-refractivity contribution in [2.75, 3.05) is 0 Å². The van der Waals surface area contributed by atoms with Gasteiger partial charge in [-0.15, -0.1) is 0 Å². The lowest BCUT2D eigenvalue weighted by atomic mass is 9.84. The number of halogens is 2. The van der Waals surface area contributed by atoms with Crippen molar-refractivity contribution in [3.63, 3.8) is 0 Å². The number of Topliss-reactive ketones (excluding diaryl/α,β-unsaturated/α-hetero) is 1. The maximum atomic E-state index is 12.2. The van der Waals surface area contributed by atoms with Gasteiger partial charge in [-0.05, 0) is 43.5 Å². The first kappa shape index (κ1) is 12.4. The molecule has 1 nitrogen and oxygen atoms in total. The Hall–Kier alpha value is -0.0900. The maximum absolute atomic E-state index is 12.2. The number of carbonyl (C=O) groups is 1. The molecule has 0 radical (unpaired) electrons. The second-order valence-corrected chi connectivity index (χ2v) is 6.53. The van der Waals surface area contributed by atoms with E-state index in [0.717, 1.165) is 18.4 Å². The monoisotopic (exact) mass is 348 g/mol. The first-order valence-electron chi connectivity index (χ1n) is 5.60. The number of ketones is 1. The van der Waals surface area contributed by atoms with Crippen LogP contribution in [0.5, 0.6) is 0 Å². The summed E-state index contributed by atoms with van der Waals surface area (Å²) in [6, 6.07) is 7.25. The number of alkyl halides is 1. The summed E-state index contributed by atoms with van der Waals surface area (Å²) in [5.74, 6) is 0.509. The molecule has 0 unspecified atom stereocenters. The Bertz CT molecular complexity index is 374. The van der Waals surface area contributed by atoms with E-state index in [2.05, 4.69) is 22.6 Å². The topological polar surface area (TPSA) is 17.1 Å². The molecule has 1 aromatic rings. The van der Waals surface area contributed by atoms with Crippen LogP contribution in [0.4, 0.5) is 0 Å². The van der Waals surface area contributed by atoms with E-state index in [1.807, 2.05) is 12.1 Å². The molecule has 1 aliphatic rings. The van der Waals surface area contributed by atoms with E-state index in [4.69, 9.17) is 11.6 Å². The minimum Gasteiger partial charge on any atom is -0.294 e. The van der Waals surface area contributed by atoms with Crippen LogP contribution >= 0.6 is 34.2 Å². The van der Waals surface area contributed by atoms with Gasteiger partial charge in [0.05, 0.1) is 0 Å². The second-order valence-electron chi connectivity index (χ2n) is 4.33. The number of hydrogen-bond donors (Lipinski definition) is 0. The third kappa shape index (κ3) is 2.98. The second kappa shape index (κ2) is 5.50. The first-order chi connectivity index (χ1) is 7.66. The number of carbonyl (C=O) groups excluding carboxylic acids is 1. The van der Waals surface area contributed by atoms with Gasteiger partial charge in [0.2, 0.25) is 0 Å². The number of benzene rings is 1. The molecule has 0 aliphatic heterocycles. The molecule has 16 heavy (non-hydrogen) atoms. The van der Waals surface area contributed by atoms with Gasteiger partial charge in [0, 0.05) is 20.4 Å². The van der Waals surface area contributed by atoms with Gasteiger partial charge >= 0.3 is 0 Å². The highest BCUT2D eigenvalue weighted by molar-refractivity contribution is 14.1. The summed E-state index contributed by atoms with van der Waals surface area (Å²) < 4.78 is 0.660. The largest absolute Gasteiger partial charge is 0.294 e. The van der Waals surface area contributed by atoms with Crippen molar-refractivity contribution in [3.8, 4) is 0 Å². The Balaban J connectivity index is 2.09. The fraction of sp³-hybridized carbons (Fsp3) is 0.462. The van der Waals surface area contributed by atoms with Crippen LogP contribution in [0.3, 0.4) is 0 Å². The van der Waals surface area contributed by atoms with Crippen molar-refractivity contribution in [1.82, 2.24) is 0 Å². The summed E-state index contributed by atoms with van der Waals surface area (Å²) in [4.78, 5) is 12.2. The van der Waals surface area contributed by atoms with E-state index in [9.17, 15) is 4.79 Å². The van der Waals surface area contributed by atoms with Crippen LogP contribution in [0, 0.1) is 5.92 Å². The minimum absolute atomic E-state index is 0.219. The molecular weight excluding hydrogens is 334 g/mol. The van der Waals surface area contributed by atoms with Gasteiger partial charge < -0.3 is 0 Å². The molecular formula is C13H14ClIO. The van der Waals surface area contributed by atoms with Crippen LogP contribution in [0.1, 0.15) is 36.0 Å². The predicted molar refractivity (Wildman–Crippen MR) is 75.5 cm³/mol. The highest BCUT2D eigenvalue weighted by atomic mass is 127. The molecule has 0 amide bonds. The quantitative estimate of drug-likeness (QED) is 0.436. The summed E-state index contributed by atoms with van der Waals surface area (Å²) in [6.45, 7) is 0. The van der Waals surface area contributed by atoms with Gasteiger partial charge in [0.1, 0.15) is 0 Å². The van der Waals surface area contributed by atoms with Gasteiger partial charge in [0.15, 0.2) is 5.78 Å². The molecule has 0 spiro atoms. The molecule has 0 saturated heterocycles. The molecule has 1 aliphatic carbocycles. The zero-order chi connectivity index (χ0) is 11.5. The van der Waals surface area contributed by atoms with Crippen LogP contribution in [0.25, 0.3) is 0 Å². The summed E-state index contributed by atoms with van der Waals surface area (Å²) in [5.41, 5.74) is 0.805. The van der Waals surface area contributed by atoms with E-state index >= 15 is 0 Å². The van der Waals surface area contributed by atoms with E-state index in [0.29, 0.717) is 8.95 Å². The average molecular weight is 349 g/mol. The molecule has 1 saturated carbocycles. The Labute approximate surface area is 115 Å². The van der Waals surface area contributed by atoms with Crippen molar-refractivity contribution in [1.29, 1.82) is 0 Å². The molecule has 1 fully saturated rings. The van der Waals surface area contributed by atoms with Crippen molar-refractivity contribution >= 4 is 40.0 Å². The molecule has 0 bridgehead atoms. The van der Waals surface area contributed by atoms with Crippen molar-refractivity contribution in [2.45, 2.75) is 29.6 Å². The van der Waals surface area contributed by atoms with Crippen molar-refractivity contribution in [2.24, 2.45) is 5.92 Å². The van der Waals surface area contributed by atoms with Gasteiger partial charge in [0.25, 0.3) is 0 Å². The van der Waals surface area contributed by atoms with E-state index < -0.39 is 0 Å². The van der Waals surface area contributed by atoms with Gasteiger partial charge in [-0.3, -0.25) is 4.79 Å². The third-order valence-electron chi connectivity index (χ3n) is 3.11. The van der Waals surface area contributed by atoms with Gasteiger partial charge in [-0.25, -0.2) is 0 Å². The molecule has 2 rings (SSSR count). The lowest BCUT2D eigenvalue weighted by Gasteiger charge is -2.24. The Morgan fingerprint density at radius 1 is 1.25 bits per heavy atom. The molecule has 3 heteroatoms. The average Bonchev–Trinajstić information content (AvgIpc) is 2.29. The standard InChI is InChI=1S/C13H14ClIO/c14-11-6-4-9(5-7-11)13(16)10-2-1-3-12(15)8-10/h4-7,10,12H,1-3,8H2/t10-,12+/m0/s1. The Morgan fingerprint density at radius 2 is 1.94 bits per heavy atom. The maximum Gasteiger partial charge on any atom is 0.165 e. The summed E-state index contributed by atoms with van der Waals surface area (Å²) in [7, 11) is 0. The summed E-state index contributed by atoms with van der Waals surface area (Å²) in [5, 5.41) is 0.687. The summed E-state index contributed by atoms with van der Waals surface area (Å²) in [6.07, 6.45) is 4.51. The SMILES string of the molecule is O=C(c1ccc(Cl)cc1)[C@H]1CCC[C@@H](I)C1. The zero-order valence-corrected chi connectivity index (χ0v) is 11.9. The van der Waals surface area contributed by atoms with Crippen molar-refractivity contribution < 1.29 is 4.79 Å². The van der Waals surface area contributed by atoms with Crippen LogP contribution in [-0.4, -0.2) is 9.71 Å². The predicted octanol–water partition coefficient (Wildman–Crippen LogP) is 4.52. The van der Waals surface area contributed by atoms with Gasteiger partial charge in [-0.2, -0.15) is 0 Å². The molecule has 1 aromatic carbocycles. The molecule has 0 N–H and O–H groups in total. The molecule has 0 aromatic heterocycles. The normalized spacial score (nSPS) is 25.4. The highest BCUT2D eigenvalue weighted by Gasteiger charge is 2.26. The fourth-order valence-corrected chi connectivity index (χ4v) is 3.40. The van der Waals surface area contributed by atoms with Crippen LogP contribution in [0.2, 0.25) is 5.02 Å². The minimum atomic E-state index is 0.219. The number of hydrogen-bond acceptors (Lipinski definition) is 1. The van der Waals surface area contributed by atoms with E-state index in [1.165, 1.54) is 12.8 Å². The van der Waals surface area contributed by atoms with Crippen LogP contribution in [-0.2, 0) is 0 Å². The number of rotatable bonds is 2. The fourth-order valence-electron chi connectivity index (χ4n) is 2.22. The first-order valence-corrected chi connectivity index (χ1v) is 7.23.